The van der Waals surface area contributed by atoms with Crippen molar-refractivity contribution in [1.82, 2.24) is 4.98 Å². The van der Waals surface area contributed by atoms with E-state index in [1.165, 1.54) is 22.2 Å². The van der Waals surface area contributed by atoms with E-state index in [0.29, 0.717) is 0 Å². The van der Waals surface area contributed by atoms with Crippen molar-refractivity contribution in [2.45, 2.75) is 6.92 Å². The van der Waals surface area contributed by atoms with Gasteiger partial charge >= 0.3 is 0 Å². The van der Waals surface area contributed by atoms with E-state index in [1.54, 1.807) is 0 Å². The van der Waals surface area contributed by atoms with E-state index >= 15 is 0 Å². The molecule has 2 aromatic heterocycles. The fourth-order valence-corrected chi connectivity index (χ4v) is 2.37. The molecular weight excluding hydrogens is 220 g/mol. The Morgan fingerprint density at radius 3 is 2.61 bits per heavy atom. The zero-order valence-corrected chi connectivity index (χ0v) is 10.6. The highest BCUT2D eigenvalue weighted by Gasteiger charge is 2.15. The molecule has 3 rings (SSSR count). The molecule has 0 saturated heterocycles. The number of rotatable bonds is 1. The summed E-state index contributed by atoms with van der Waals surface area (Å²) in [6.07, 6.45) is 1.83. The lowest BCUT2D eigenvalue weighted by atomic mass is 10.1. The van der Waals surface area contributed by atoms with Gasteiger partial charge in [0, 0.05) is 23.7 Å². The first-order chi connectivity index (χ1) is 8.77. The van der Waals surface area contributed by atoms with Gasteiger partial charge in [-0.2, -0.15) is 4.57 Å². The van der Waals surface area contributed by atoms with Gasteiger partial charge in [-0.05, 0) is 31.2 Å². The van der Waals surface area contributed by atoms with E-state index in [0.717, 1.165) is 5.69 Å². The molecule has 0 aliphatic rings. The number of aryl methyl sites for hydroxylation is 2. The number of hydrogen-bond donors (Lipinski definition) is 0. The molecule has 2 heterocycles. The molecule has 0 radical (unpaired) electrons. The minimum atomic E-state index is 1.06. The predicted molar refractivity (Wildman–Crippen MR) is 73.1 cm³/mol. The maximum Gasteiger partial charge on any atom is 0.214 e. The summed E-state index contributed by atoms with van der Waals surface area (Å²) in [6.45, 7) is 2.05. The number of aromatic nitrogens is 2. The second kappa shape index (κ2) is 4.22. The minimum absolute atomic E-state index is 1.06. The van der Waals surface area contributed by atoms with Crippen molar-refractivity contribution in [2.75, 3.05) is 0 Å². The van der Waals surface area contributed by atoms with E-state index in [2.05, 4.69) is 59.1 Å². The van der Waals surface area contributed by atoms with Crippen molar-refractivity contribution >= 4 is 10.9 Å². The highest BCUT2D eigenvalue weighted by atomic mass is 14.9. The molecule has 88 valence electrons. The lowest BCUT2D eigenvalue weighted by Crippen LogP contribution is -2.32. The van der Waals surface area contributed by atoms with E-state index in [9.17, 15) is 0 Å². The summed E-state index contributed by atoms with van der Waals surface area (Å²) < 4.78 is 2.22. The van der Waals surface area contributed by atoms with Crippen molar-refractivity contribution in [3.8, 4) is 11.3 Å². The summed E-state index contributed by atoms with van der Waals surface area (Å²) in [4.78, 5) is 4.36. The average molecular weight is 235 g/mol. The minimum Gasteiger partial charge on any atom is -0.261 e. The Morgan fingerprint density at radius 1 is 0.944 bits per heavy atom. The van der Waals surface area contributed by atoms with Gasteiger partial charge < -0.3 is 0 Å². The highest BCUT2D eigenvalue weighted by molar-refractivity contribution is 5.77. The van der Waals surface area contributed by atoms with Gasteiger partial charge in [0.25, 0.3) is 0 Å². The third kappa shape index (κ3) is 1.66. The number of nitrogens with zero attached hydrogens (tertiary/aromatic N) is 2. The summed E-state index contributed by atoms with van der Waals surface area (Å²) in [5, 5.41) is 1.25. The first-order valence-corrected chi connectivity index (χ1v) is 6.07. The van der Waals surface area contributed by atoms with Crippen LogP contribution in [0.15, 0.2) is 54.7 Å². The monoisotopic (exact) mass is 235 g/mol. The van der Waals surface area contributed by atoms with Gasteiger partial charge in [0.15, 0.2) is 0 Å². The van der Waals surface area contributed by atoms with Gasteiger partial charge in [-0.25, -0.2) is 0 Å². The molecule has 0 unspecified atom stereocenters. The first-order valence-electron chi connectivity index (χ1n) is 6.07. The van der Waals surface area contributed by atoms with Gasteiger partial charge in [0.05, 0.1) is 11.3 Å². The van der Waals surface area contributed by atoms with Crippen LogP contribution in [-0.2, 0) is 7.05 Å². The summed E-state index contributed by atoms with van der Waals surface area (Å²) in [5.74, 6) is 0. The Hall–Kier alpha value is -2.22. The number of fused-ring (bicyclic) bond motifs is 1. The van der Waals surface area contributed by atoms with Crippen molar-refractivity contribution in [1.29, 1.82) is 0 Å². The number of benzene rings is 1. The molecule has 18 heavy (non-hydrogen) atoms. The van der Waals surface area contributed by atoms with Crippen LogP contribution < -0.4 is 4.57 Å². The van der Waals surface area contributed by atoms with Crippen LogP contribution in [0.5, 0.6) is 0 Å². The molecule has 0 saturated carbocycles. The molecule has 3 aromatic rings. The molecular formula is C16H15N2+. The Bertz CT molecular complexity index is 717. The van der Waals surface area contributed by atoms with Crippen LogP contribution in [0.3, 0.4) is 0 Å². The maximum atomic E-state index is 4.36. The van der Waals surface area contributed by atoms with Gasteiger partial charge in [0.1, 0.15) is 7.05 Å². The summed E-state index contributed by atoms with van der Waals surface area (Å²) >= 11 is 0. The average Bonchev–Trinajstić information content (AvgIpc) is 2.41. The standard InChI is InChI=1S/C16H15N2/c1-12-14(7-5-11-17-12)16-10-9-13-6-3-4-8-15(13)18(16)2/h3-11H,1-2H3/q+1. The van der Waals surface area contributed by atoms with Gasteiger partial charge in [-0.1, -0.05) is 12.1 Å². The second-order valence-corrected chi connectivity index (χ2v) is 4.47. The molecule has 2 heteroatoms. The number of hydrogen-bond acceptors (Lipinski definition) is 1. The van der Waals surface area contributed by atoms with Gasteiger partial charge in [-0.3, -0.25) is 4.98 Å². The maximum absolute atomic E-state index is 4.36. The van der Waals surface area contributed by atoms with Crippen LogP contribution in [0, 0.1) is 6.92 Å². The lowest BCUT2D eigenvalue weighted by molar-refractivity contribution is -0.633. The van der Waals surface area contributed by atoms with E-state index in [4.69, 9.17) is 0 Å². The topological polar surface area (TPSA) is 16.8 Å². The lowest BCUT2D eigenvalue weighted by Gasteiger charge is -2.05. The van der Waals surface area contributed by atoms with Crippen molar-refractivity contribution < 1.29 is 4.57 Å². The normalized spacial score (nSPS) is 10.8. The highest BCUT2D eigenvalue weighted by Crippen LogP contribution is 2.20. The fourth-order valence-electron chi connectivity index (χ4n) is 2.37. The third-order valence-electron chi connectivity index (χ3n) is 3.36. The predicted octanol–water partition coefficient (Wildman–Crippen LogP) is 3.03. The van der Waals surface area contributed by atoms with Gasteiger partial charge in [0.2, 0.25) is 11.2 Å². The number of para-hydroxylation sites is 1. The molecule has 0 aliphatic carbocycles. The third-order valence-corrected chi connectivity index (χ3v) is 3.36. The zero-order chi connectivity index (χ0) is 12.5. The molecule has 0 bridgehead atoms. The van der Waals surface area contributed by atoms with Crippen LogP contribution in [0.25, 0.3) is 22.2 Å². The number of pyridine rings is 2. The summed E-state index contributed by atoms with van der Waals surface area (Å²) in [7, 11) is 2.10. The first kappa shape index (κ1) is 10.9. The zero-order valence-electron chi connectivity index (χ0n) is 10.6. The van der Waals surface area contributed by atoms with Crippen LogP contribution in [0.4, 0.5) is 0 Å². The van der Waals surface area contributed by atoms with E-state index < -0.39 is 0 Å². The molecule has 0 aliphatic heterocycles. The molecule has 0 N–H and O–H groups in total. The Labute approximate surface area is 107 Å². The van der Waals surface area contributed by atoms with Crippen LogP contribution in [-0.4, -0.2) is 4.98 Å². The van der Waals surface area contributed by atoms with Crippen molar-refractivity contribution in [3.05, 3.63) is 60.4 Å². The van der Waals surface area contributed by atoms with Crippen LogP contribution >= 0.6 is 0 Å². The fraction of sp³-hybridized carbons (Fsp3) is 0.125. The molecule has 0 amide bonds. The SMILES string of the molecule is Cc1ncccc1-c1ccc2ccccc2[n+]1C. The molecule has 1 aromatic carbocycles. The molecule has 0 spiro atoms. The molecule has 0 fully saturated rings. The van der Waals surface area contributed by atoms with Gasteiger partial charge in [-0.15, -0.1) is 0 Å². The molecule has 2 nitrogen and oxygen atoms in total. The van der Waals surface area contributed by atoms with E-state index in [1.807, 2.05) is 19.2 Å². The Kier molecular flexibility index (Phi) is 2.56. The largest absolute Gasteiger partial charge is 0.261 e. The van der Waals surface area contributed by atoms with E-state index in [-0.39, 0.29) is 0 Å². The van der Waals surface area contributed by atoms with Crippen molar-refractivity contribution in [2.24, 2.45) is 7.05 Å². The second-order valence-electron chi connectivity index (χ2n) is 4.47. The van der Waals surface area contributed by atoms with Crippen LogP contribution in [0.2, 0.25) is 0 Å². The summed E-state index contributed by atoms with van der Waals surface area (Å²) in [5.41, 5.74) is 4.67. The summed E-state index contributed by atoms with van der Waals surface area (Å²) in [6, 6.07) is 16.8. The Morgan fingerprint density at radius 2 is 1.78 bits per heavy atom. The van der Waals surface area contributed by atoms with Crippen LogP contribution in [0.1, 0.15) is 5.69 Å². The smallest absolute Gasteiger partial charge is 0.214 e. The Balaban J connectivity index is 2.31. The quantitative estimate of drug-likeness (QED) is 0.592. The molecule has 0 atom stereocenters. The van der Waals surface area contributed by atoms with Crippen molar-refractivity contribution in [3.63, 3.8) is 0 Å².